The number of benzene rings is 2. The summed E-state index contributed by atoms with van der Waals surface area (Å²) >= 11 is 1.26. The zero-order valence-electron chi connectivity index (χ0n) is 16.5. The summed E-state index contributed by atoms with van der Waals surface area (Å²) in [6.07, 6.45) is 1.74. The van der Waals surface area contributed by atoms with Crippen LogP contribution in [0.3, 0.4) is 0 Å². The molecule has 0 aliphatic heterocycles. The van der Waals surface area contributed by atoms with Crippen molar-refractivity contribution in [2.45, 2.75) is 25.2 Å². The first-order valence-corrected chi connectivity index (χ1v) is 10.2. The topological polar surface area (TPSA) is 92.8 Å². The molecule has 1 N–H and O–H groups in total. The fraction of sp³-hybridized carbons (Fsp3) is 0.182. The van der Waals surface area contributed by atoms with Crippen molar-refractivity contribution in [2.24, 2.45) is 0 Å². The van der Waals surface area contributed by atoms with Crippen LogP contribution in [0.5, 0.6) is 5.75 Å². The second-order valence-corrected chi connectivity index (χ2v) is 7.34. The monoisotopic (exact) mass is 419 g/mol. The molecule has 2 aromatic carbocycles. The van der Waals surface area contributed by atoms with E-state index in [-0.39, 0.29) is 18.3 Å². The van der Waals surface area contributed by atoms with Gasteiger partial charge in [-0.05, 0) is 36.8 Å². The summed E-state index contributed by atoms with van der Waals surface area (Å²) in [6, 6.07) is 16.7. The molecule has 0 atom stereocenters. The Bertz CT molecular complexity index is 1090. The first-order chi connectivity index (χ1) is 14.6. The minimum atomic E-state index is -0.228. The normalized spacial score (nSPS) is 10.3. The lowest BCUT2D eigenvalue weighted by molar-refractivity contribution is -0.113. The summed E-state index contributed by atoms with van der Waals surface area (Å²) in [5, 5.41) is 20.9. The number of nitrogens with one attached hydrogen (secondary N) is 1. The molecule has 0 bridgehead atoms. The smallest absolute Gasteiger partial charge is 0.234 e. The number of carbonyl (C=O) groups is 1. The summed E-state index contributed by atoms with van der Waals surface area (Å²) in [4.78, 5) is 12.3. The number of nitriles is 1. The quantitative estimate of drug-likeness (QED) is 0.417. The van der Waals surface area contributed by atoms with E-state index in [1.165, 1.54) is 11.8 Å². The standard InChI is InChI=1S/C22H21N5O2S/c1-3-11-27-20(14-29-18-9-6-7-16(2)12-18)25-26-22(27)30-15-21(28)24-19-10-5-4-8-17(19)13-23/h3-10,12H,1,11,14-15H2,2H3,(H,24,28). The van der Waals surface area contributed by atoms with Crippen molar-refractivity contribution in [1.29, 1.82) is 5.26 Å². The maximum Gasteiger partial charge on any atom is 0.234 e. The molecule has 1 aromatic heterocycles. The van der Waals surface area contributed by atoms with Crippen molar-refractivity contribution in [3.8, 4) is 11.8 Å². The van der Waals surface area contributed by atoms with Gasteiger partial charge in [0.05, 0.1) is 17.0 Å². The number of ether oxygens (including phenoxy) is 1. The molecule has 7 nitrogen and oxygen atoms in total. The number of hydrogen-bond acceptors (Lipinski definition) is 6. The Hall–Kier alpha value is -3.57. The van der Waals surface area contributed by atoms with Crippen molar-refractivity contribution >= 4 is 23.4 Å². The predicted molar refractivity (Wildman–Crippen MR) is 116 cm³/mol. The summed E-state index contributed by atoms with van der Waals surface area (Å²) in [6.45, 7) is 6.54. The second kappa shape index (κ2) is 10.3. The number of carbonyl (C=O) groups excluding carboxylic acids is 1. The zero-order valence-corrected chi connectivity index (χ0v) is 17.4. The number of hydrogen-bond donors (Lipinski definition) is 1. The van der Waals surface area contributed by atoms with E-state index in [1.807, 2.05) is 35.8 Å². The van der Waals surface area contributed by atoms with Gasteiger partial charge in [0.15, 0.2) is 11.0 Å². The molecule has 30 heavy (non-hydrogen) atoms. The molecule has 0 radical (unpaired) electrons. The molecule has 0 aliphatic carbocycles. The number of amides is 1. The lowest BCUT2D eigenvalue weighted by Crippen LogP contribution is -2.15. The highest BCUT2D eigenvalue weighted by Gasteiger charge is 2.15. The third-order valence-electron chi connectivity index (χ3n) is 4.12. The van der Waals surface area contributed by atoms with Crippen LogP contribution in [-0.4, -0.2) is 26.4 Å². The predicted octanol–water partition coefficient (Wildman–Crippen LogP) is 3.95. The number of rotatable bonds is 9. The van der Waals surface area contributed by atoms with E-state index in [1.54, 1.807) is 30.3 Å². The molecular formula is C22H21N5O2S. The Morgan fingerprint density at radius 1 is 1.30 bits per heavy atom. The Kier molecular flexibility index (Phi) is 7.24. The fourth-order valence-electron chi connectivity index (χ4n) is 2.70. The SMILES string of the molecule is C=CCn1c(COc2cccc(C)c2)nnc1SCC(=O)Nc1ccccc1C#N. The third kappa shape index (κ3) is 5.49. The van der Waals surface area contributed by atoms with Crippen LogP contribution in [-0.2, 0) is 17.9 Å². The van der Waals surface area contributed by atoms with Gasteiger partial charge in [-0.3, -0.25) is 9.36 Å². The molecule has 8 heteroatoms. The molecule has 0 unspecified atom stereocenters. The lowest BCUT2D eigenvalue weighted by atomic mass is 10.2. The van der Waals surface area contributed by atoms with E-state index >= 15 is 0 Å². The number of thioether (sulfide) groups is 1. The Morgan fingerprint density at radius 2 is 2.13 bits per heavy atom. The van der Waals surface area contributed by atoms with Crippen LogP contribution in [0, 0.1) is 18.3 Å². The number of para-hydroxylation sites is 1. The Labute approximate surface area is 179 Å². The Balaban J connectivity index is 1.63. The molecule has 3 rings (SSSR count). The van der Waals surface area contributed by atoms with E-state index in [9.17, 15) is 4.79 Å². The van der Waals surface area contributed by atoms with Crippen molar-refractivity contribution in [2.75, 3.05) is 11.1 Å². The summed E-state index contributed by atoms with van der Waals surface area (Å²) < 4.78 is 7.69. The van der Waals surface area contributed by atoms with E-state index in [4.69, 9.17) is 10.00 Å². The minimum absolute atomic E-state index is 0.133. The summed E-state index contributed by atoms with van der Waals surface area (Å²) in [7, 11) is 0. The number of aryl methyl sites for hydroxylation is 1. The molecule has 3 aromatic rings. The van der Waals surface area contributed by atoms with Gasteiger partial charge in [-0.1, -0.05) is 42.1 Å². The summed E-state index contributed by atoms with van der Waals surface area (Å²) in [5.41, 5.74) is 2.02. The van der Waals surface area contributed by atoms with Crippen LogP contribution in [0.15, 0.2) is 66.3 Å². The molecule has 0 saturated heterocycles. The largest absolute Gasteiger partial charge is 0.486 e. The minimum Gasteiger partial charge on any atom is -0.486 e. The number of allylic oxidation sites excluding steroid dienone is 1. The molecule has 0 aliphatic rings. The number of aromatic nitrogens is 3. The van der Waals surface area contributed by atoms with Gasteiger partial charge in [0, 0.05) is 6.54 Å². The lowest BCUT2D eigenvalue weighted by Gasteiger charge is -2.10. The van der Waals surface area contributed by atoms with Crippen LogP contribution >= 0.6 is 11.8 Å². The maximum atomic E-state index is 12.3. The van der Waals surface area contributed by atoms with Gasteiger partial charge < -0.3 is 10.1 Å². The average Bonchev–Trinajstić information content (AvgIpc) is 3.13. The fourth-order valence-corrected chi connectivity index (χ4v) is 3.47. The highest BCUT2D eigenvalue weighted by molar-refractivity contribution is 7.99. The molecule has 1 heterocycles. The van der Waals surface area contributed by atoms with Crippen LogP contribution in [0.25, 0.3) is 0 Å². The molecule has 0 fully saturated rings. The molecule has 152 valence electrons. The van der Waals surface area contributed by atoms with Gasteiger partial charge in [-0.2, -0.15) is 5.26 Å². The van der Waals surface area contributed by atoms with Crippen molar-refractivity contribution in [1.82, 2.24) is 14.8 Å². The van der Waals surface area contributed by atoms with Gasteiger partial charge in [-0.15, -0.1) is 16.8 Å². The molecule has 0 saturated carbocycles. The van der Waals surface area contributed by atoms with Crippen LogP contribution in [0.1, 0.15) is 17.0 Å². The van der Waals surface area contributed by atoms with E-state index in [2.05, 4.69) is 28.2 Å². The van der Waals surface area contributed by atoms with Crippen LogP contribution in [0.2, 0.25) is 0 Å². The molecule has 0 spiro atoms. The van der Waals surface area contributed by atoms with Gasteiger partial charge >= 0.3 is 0 Å². The Morgan fingerprint density at radius 3 is 2.90 bits per heavy atom. The first kappa shape index (κ1) is 21.1. The van der Waals surface area contributed by atoms with Gasteiger partial charge in [0.2, 0.25) is 5.91 Å². The van der Waals surface area contributed by atoms with Gasteiger partial charge in [-0.25, -0.2) is 0 Å². The van der Waals surface area contributed by atoms with Crippen molar-refractivity contribution < 1.29 is 9.53 Å². The summed E-state index contributed by atoms with van der Waals surface area (Å²) in [5.74, 6) is 1.31. The average molecular weight is 420 g/mol. The number of anilines is 1. The third-order valence-corrected chi connectivity index (χ3v) is 5.08. The highest BCUT2D eigenvalue weighted by atomic mass is 32.2. The van der Waals surface area contributed by atoms with E-state index in [0.29, 0.717) is 28.8 Å². The van der Waals surface area contributed by atoms with Gasteiger partial charge in [0.25, 0.3) is 0 Å². The molecule has 1 amide bonds. The first-order valence-electron chi connectivity index (χ1n) is 9.25. The molecular weight excluding hydrogens is 398 g/mol. The van der Waals surface area contributed by atoms with Crippen LogP contribution < -0.4 is 10.1 Å². The zero-order chi connectivity index (χ0) is 21.3. The highest BCUT2D eigenvalue weighted by Crippen LogP contribution is 2.20. The van der Waals surface area contributed by atoms with E-state index in [0.717, 1.165) is 11.3 Å². The van der Waals surface area contributed by atoms with Gasteiger partial charge in [0.1, 0.15) is 18.4 Å². The second-order valence-electron chi connectivity index (χ2n) is 6.40. The maximum absolute atomic E-state index is 12.3. The van der Waals surface area contributed by atoms with E-state index < -0.39 is 0 Å². The number of nitrogens with zero attached hydrogens (tertiary/aromatic N) is 4. The van der Waals surface area contributed by atoms with Crippen molar-refractivity contribution in [3.63, 3.8) is 0 Å². The van der Waals surface area contributed by atoms with Crippen LogP contribution in [0.4, 0.5) is 5.69 Å². The van der Waals surface area contributed by atoms with Crippen molar-refractivity contribution in [3.05, 3.63) is 78.1 Å².